The maximum absolute atomic E-state index is 5.34. The number of aromatic nitrogens is 3. The predicted octanol–water partition coefficient (Wildman–Crippen LogP) is 14.4. The van der Waals surface area contributed by atoms with Gasteiger partial charge in [-0.15, -0.1) is 0 Å². The van der Waals surface area contributed by atoms with E-state index < -0.39 is 5.41 Å². The van der Waals surface area contributed by atoms with Gasteiger partial charge in [0.05, 0.1) is 5.41 Å². The summed E-state index contributed by atoms with van der Waals surface area (Å²) in [5, 5.41) is 7.31. The van der Waals surface area contributed by atoms with E-state index in [2.05, 4.69) is 218 Å². The topological polar surface area (TPSA) is 38.7 Å². The average molecular weight is 776 g/mol. The van der Waals surface area contributed by atoms with Crippen molar-refractivity contribution in [3.8, 4) is 56.4 Å². The largest absolute Gasteiger partial charge is 0.208 e. The minimum atomic E-state index is -0.488. The second-order valence-electron chi connectivity index (χ2n) is 15.9. The summed E-state index contributed by atoms with van der Waals surface area (Å²) in [7, 11) is 0. The number of benzene rings is 10. The summed E-state index contributed by atoms with van der Waals surface area (Å²) in [5.41, 5.74) is 12.0. The van der Waals surface area contributed by atoms with Gasteiger partial charge < -0.3 is 0 Å². The zero-order valence-electron chi connectivity index (χ0n) is 33.2. The fourth-order valence-electron chi connectivity index (χ4n) is 9.87. The average Bonchev–Trinajstić information content (AvgIpc) is 3.65. The van der Waals surface area contributed by atoms with Crippen LogP contribution in [-0.4, -0.2) is 15.0 Å². The van der Waals surface area contributed by atoms with Crippen LogP contribution in [0.25, 0.3) is 88.7 Å². The van der Waals surface area contributed by atoms with E-state index in [1.54, 1.807) is 0 Å². The van der Waals surface area contributed by atoms with E-state index in [-0.39, 0.29) is 0 Å². The van der Waals surface area contributed by atoms with Gasteiger partial charge in [-0.3, -0.25) is 0 Å². The van der Waals surface area contributed by atoms with Crippen LogP contribution in [0.1, 0.15) is 22.3 Å². The van der Waals surface area contributed by atoms with Crippen molar-refractivity contribution in [2.75, 3.05) is 0 Å². The Balaban J connectivity index is 1.09. The third-order valence-electron chi connectivity index (χ3n) is 12.6. The normalized spacial score (nSPS) is 12.7. The van der Waals surface area contributed by atoms with Crippen LogP contribution in [0.3, 0.4) is 0 Å². The molecule has 0 atom stereocenters. The van der Waals surface area contributed by atoms with Crippen molar-refractivity contribution < 1.29 is 0 Å². The Labute approximate surface area is 354 Å². The molecule has 3 heteroatoms. The maximum Gasteiger partial charge on any atom is 0.164 e. The molecule has 61 heavy (non-hydrogen) atoms. The lowest BCUT2D eigenvalue weighted by Gasteiger charge is -2.33. The molecule has 1 heterocycles. The first-order valence-corrected chi connectivity index (χ1v) is 20.9. The zero-order valence-corrected chi connectivity index (χ0v) is 33.2. The molecule has 12 rings (SSSR count). The van der Waals surface area contributed by atoms with Gasteiger partial charge in [0.1, 0.15) is 0 Å². The fraction of sp³-hybridized carbons (Fsp3) is 0.0172. The summed E-state index contributed by atoms with van der Waals surface area (Å²) in [6, 6.07) is 80.5. The highest BCUT2D eigenvalue weighted by molar-refractivity contribution is 6.25. The van der Waals surface area contributed by atoms with Crippen LogP contribution in [-0.2, 0) is 5.41 Å². The third kappa shape index (κ3) is 5.55. The first-order chi connectivity index (χ1) is 30.2. The third-order valence-corrected chi connectivity index (χ3v) is 12.6. The molecule has 0 saturated carbocycles. The van der Waals surface area contributed by atoms with Crippen LogP contribution in [0, 0.1) is 0 Å². The summed E-state index contributed by atoms with van der Waals surface area (Å²) >= 11 is 0. The molecule has 1 aliphatic carbocycles. The minimum Gasteiger partial charge on any atom is -0.208 e. The van der Waals surface area contributed by atoms with Gasteiger partial charge in [0, 0.05) is 16.7 Å². The molecule has 10 aromatic carbocycles. The van der Waals surface area contributed by atoms with E-state index in [1.165, 1.54) is 65.7 Å². The van der Waals surface area contributed by atoms with Crippen molar-refractivity contribution in [3.63, 3.8) is 0 Å². The fourth-order valence-corrected chi connectivity index (χ4v) is 9.87. The Hall–Kier alpha value is -8.01. The Morgan fingerprint density at radius 2 is 0.672 bits per heavy atom. The lowest BCUT2D eigenvalue weighted by Crippen LogP contribution is -2.28. The summed E-state index contributed by atoms with van der Waals surface area (Å²) in [6.07, 6.45) is 0. The maximum atomic E-state index is 5.34. The molecule has 0 fully saturated rings. The molecular weight excluding hydrogens is 739 g/mol. The highest BCUT2D eigenvalue weighted by atomic mass is 15.0. The number of nitrogens with zero attached hydrogens (tertiary/aromatic N) is 3. The van der Waals surface area contributed by atoms with Gasteiger partial charge in [-0.1, -0.05) is 206 Å². The number of hydrogen-bond donors (Lipinski definition) is 0. The summed E-state index contributed by atoms with van der Waals surface area (Å²) in [5.74, 6) is 1.89. The molecule has 0 N–H and O–H groups in total. The van der Waals surface area contributed by atoms with Crippen molar-refractivity contribution in [2.45, 2.75) is 5.41 Å². The molecule has 0 unspecified atom stereocenters. The molecule has 284 valence electrons. The molecule has 0 bridgehead atoms. The van der Waals surface area contributed by atoms with Gasteiger partial charge in [-0.25, -0.2) is 15.0 Å². The van der Waals surface area contributed by atoms with Crippen molar-refractivity contribution in [3.05, 3.63) is 247 Å². The molecular formula is C58H37N3. The van der Waals surface area contributed by atoms with Crippen molar-refractivity contribution >= 4 is 32.3 Å². The first kappa shape index (κ1) is 35.0. The minimum absolute atomic E-state index is 0.488. The number of rotatable bonds is 6. The standard InChI is InChI=1S/C58H37N3/c1-4-17-38(18-5-1)39-19-16-20-40(35-39)55-59-56(41-31-33-49-47-27-11-10-25-45(47)46-26-12-13-28-48(46)51(49)36-41)61-57(60-55)42-32-34-54-52(37-42)50-29-14-15-30-53(50)58(54,43-21-6-2-7-22-43)44-23-8-3-9-24-44/h1-37H. The monoisotopic (exact) mass is 775 g/mol. The lowest BCUT2D eigenvalue weighted by atomic mass is 9.67. The van der Waals surface area contributed by atoms with Crippen LogP contribution >= 0.6 is 0 Å². The first-order valence-electron chi connectivity index (χ1n) is 20.9. The molecule has 1 aliphatic rings. The van der Waals surface area contributed by atoms with Gasteiger partial charge >= 0.3 is 0 Å². The molecule has 0 amide bonds. The zero-order chi connectivity index (χ0) is 40.3. The second kappa shape index (κ2) is 14.1. The van der Waals surface area contributed by atoms with E-state index in [0.717, 1.165) is 27.8 Å². The van der Waals surface area contributed by atoms with Crippen LogP contribution in [0.2, 0.25) is 0 Å². The second-order valence-corrected chi connectivity index (χ2v) is 15.9. The van der Waals surface area contributed by atoms with Crippen molar-refractivity contribution in [1.29, 1.82) is 0 Å². The molecule has 1 aromatic heterocycles. The summed E-state index contributed by atoms with van der Waals surface area (Å²) < 4.78 is 0. The molecule has 0 aliphatic heterocycles. The van der Waals surface area contributed by atoms with Gasteiger partial charge in [-0.05, 0) is 95.0 Å². The van der Waals surface area contributed by atoms with Crippen LogP contribution in [0.15, 0.2) is 224 Å². The summed E-state index contributed by atoms with van der Waals surface area (Å²) in [4.78, 5) is 15.9. The number of hydrogen-bond acceptors (Lipinski definition) is 3. The van der Waals surface area contributed by atoms with Gasteiger partial charge in [0.25, 0.3) is 0 Å². The van der Waals surface area contributed by atoms with E-state index in [9.17, 15) is 0 Å². The van der Waals surface area contributed by atoms with E-state index in [0.29, 0.717) is 17.5 Å². The van der Waals surface area contributed by atoms with Crippen LogP contribution < -0.4 is 0 Å². The Morgan fingerprint density at radius 1 is 0.246 bits per heavy atom. The van der Waals surface area contributed by atoms with E-state index in [1.807, 2.05) is 6.07 Å². The Kier molecular flexibility index (Phi) is 8.07. The van der Waals surface area contributed by atoms with Gasteiger partial charge in [0.2, 0.25) is 0 Å². The van der Waals surface area contributed by atoms with Gasteiger partial charge in [0.15, 0.2) is 17.5 Å². The summed E-state index contributed by atoms with van der Waals surface area (Å²) in [6.45, 7) is 0. The van der Waals surface area contributed by atoms with E-state index >= 15 is 0 Å². The SMILES string of the molecule is c1ccc(-c2cccc(-c3nc(-c4ccc5c(c4)-c4ccccc4C5(c4ccccc4)c4ccccc4)nc(-c4ccc5c6ccccc6c6ccccc6c5c4)n3)c2)cc1. The van der Waals surface area contributed by atoms with Crippen molar-refractivity contribution in [2.24, 2.45) is 0 Å². The Bertz CT molecular complexity index is 3390. The van der Waals surface area contributed by atoms with Crippen LogP contribution in [0.5, 0.6) is 0 Å². The highest BCUT2D eigenvalue weighted by Gasteiger charge is 2.46. The molecule has 3 nitrogen and oxygen atoms in total. The molecule has 0 saturated heterocycles. The molecule has 0 spiro atoms. The van der Waals surface area contributed by atoms with E-state index in [4.69, 9.17) is 15.0 Å². The molecule has 0 radical (unpaired) electrons. The van der Waals surface area contributed by atoms with Crippen LogP contribution in [0.4, 0.5) is 0 Å². The quantitative estimate of drug-likeness (QED) is 0.158. The highest BCUT2D eigenvalue weighted by Crippen LogP contribution is 2.56. The van der Waals surface area contributed by atoms with Crippen molar-refractivity contribution in [1.82, 2.24) is 15.0 Å². The Morgan fingerprint density at radius 3 is 1.30 bits per heavy atom. The van der Waals surface area contributed by atoms with Gasteiger partial charge in [-0.2, -0.15) is 0 Å². The smallest absolute Gasteiger partial charge is 0.164 e. The molecule has 11 aromatic rings. The number of fused-ring (bicyclic) bond motifs is 9. The predicted molar refractivity (Wildman–Crippen MR) is 251 cm³/mol. The lowest BCUT2D eigenvalue weighted by molar-refractivity contribution is 0.768.